The van der Waals surface area contributed by atoms with Crippen molar-refractivity contribution in [2.45, 2.75) is 58.7 Å². The molecule has 1 aromatic rings. The van der Waals surface area contributed by atoms with Crippen molar-refractivity contribution < 1.29 is 28.3 Å². The topological polar surface area (TPSA) is 113 Å². The molecule has 3 atom stereocenters. The fraction of sp³-hybridized carbons (Fsp3) is 0.588. The molecule has 1 fully saturated rings. The maximum absolute atomic E-state index is 13.3. The van der Waals surface area contributed by atoms with Crippen LogP contribution in [0, 0.1) is 0 Å². The molecule has 1 aliphatic rings. The zero-order valence-corrected chi connectivity index (χ0v) is 17.5. The average molecular weight is 497 g/mol. The van der Waals surface area contributed by atoms with E-state index in [-0.39, 0.29) is 11.3 Å². The van der Waals surface area contributed by atoms with E-state index in [4.69, 9.17) is 9.94 Å². The van der Waals surface area contributed by atoms with Gasteiger partial charge in [-0.25, -0.2) is 13.9 Å². The molecule has 1 amide bonds. The smallest absolute Gasteiger partial charge is 0.273 e. The summed E-state index contributed by atoms with van der Waals surface area (Å²) in [6.45, 7) is 2.60. The van der Waals surface area contributed by atoms with Crippen molar-refractivity contribution in [1.82, 2.24) is 5.48 Å². The molecule has 7 nitrogen and oxygen atoms in total. The number of alkyl halides is 1. The number of hydroxylamine groups is 1. The van der Waals surface area contributed by atoms with Gasteiger partial charge in [0.1, 0.15) is 10.5 Å². The number of sulfone groups is 1. The summed E-state index contributed by atoms with van der Waals surface area (Å²) >= 11 is 1.97. The molecule has 3 unspecified atom stereocenters. The Bertz CT molecular complexity index is 723. The first-order valence-corrected chi connectivity index (χ1v) is 11.3. The summed E-state index contributed by atoms with van der Waals surface area (Å²) in [5.74, 6) is -0.547. The van der Waals surface area contributed by atoms with Crippen molar-refractivity contribution >= 4 is 38.3 Å². The van der Waals surface area contributed by atoms with Gasteiger partial charge in [-0.15, -0.1) is 0 Å². The minimum atomic E-state index is -4.03. The number of benzene rings is 1. The third-order valence-electron chi connectivity index (χ3n) is 4.78. The Morgan fingerprint density at radius 3 is 2.58 bits per heavy atom. The van der Waals surface area contributed by atoms with E-state index >= 15 is 0 Å². The Hall–Kier alpha value is -0.910. The van der Waals surface area contributed by atoms with Crippen molar-refractivity contribution in [2.75, 3.05) is 6.61 Å². The van der Waals surface area contributed by atoms with Crippen molar-refractivity contribution in [2.24, 2.45) is 0 Å². The van der Waals surface area contributed by atoms with E-state index in [1.807, 2.05) is 29.5 Å². The number of carbonyl (C=O) groups excluding carboxylic acids is 1. The number of amides is 1. The Morgan fingerprint density at radius 2 is 2.08 bits per heavy atom. The molecule has 146 valence electrons. The van der Waals surface area contributed by atoms with Crippen LogP contribution in [0.1, 0.15) is 39.0 Å². The lowest BCUT2D eigenvalue weighted by atomic mass is 9.99. The SMILES string of the molecule is CCCCOc1ccc(S(=O)(=O)C2(C(O)C(=O)NO)CCCC2I)cc1. The molecule has 1 aromatic carbocycles. The molecular formula is C17H24INO6S. The molecular weight excluding hydrogens is 473 g/mol. The first kappa shape index (κ1) is 21.4. The van der Waals surface area contributed by atoms with E-state index in [1.165, 1.54) is 17.6 Å². The molecule has 3 N–H and O–H groups in total. The number of aliphatic hydroxyl groups excluding tert-OH is 1. The van der Waals surface area contributed by atoms with Gasteiger partial charge in [0.25, 0.3) is 5.91 Å². The van der Waals surface area contributed by atoms with Crippen LogP contribution in [0.3, 0.4) is 0 Å². The number of unbranched alkanes of at least 4 members (excludes halogenated alkanes) is 1. The summed E-state index contributed by atoms with van der Waals surface area (Å²) in [6, 6.07) is 6.02. The minimum absolute atomic E-state index is 0.0219. The van der Waals surface area contributed by atoms with Gasteiger partial charge in [-0.2, -0.15) is 0 Å². The van der Waals surface area contributed by atoms with Gasteiger partial charge in [0.05, 0.1) is 11.5 Å². The van der Waals surface area contributed by atoms with Crippen molar-refractivity contribution in [3.63, 3.8) is 0 Å². The van der Waals surface area contributed by atoms with Crippen LogP contribution in [0.4, 0.5) is 0 Å². The molecule has 0 radical (unpaired) electrons. The number of carbonyl (C=O) groups is 1. The average Bonchev–Trinajstić information content (AvgIpc) is 3.04. The highest BCUT2D eigenvalue weighted by Crippen LogP contribution is 2.47. The maximum atomic E-state index is 13.3. The molecule has 2 rings (SSSR count). The molecule has 0 bridgehead atoms. The minimum Gasteiger partial charge on any atom is -0.494 e. The van der Waals surface area contributed by atoms with E-state index in [0.717, 1.165) is 12.8 Å². The van der Waals surface area contributed by atoms with Crippen molar-refractivity contribution in [1.29, 1.82) is 0 Å². The van der Waals surface area contributed by atoms with E-state index in [0.29, 0.717) is 25.2 Å². The van der Waals surface area contributed by atoms with Crippen LogP contribution in [0.2, 0.25) is 0 Å². The van der Waals surface area contributed by atoms with Crippen LogP contribution < -0.4 is 10.2 Å². The quantitative estimate of drug-likeness (QED) is 0.167. The van der Waals surface area contributed by atoms with Gasteiger partial charge in [0, 0.05) is 3.92 Å². The molecule has 1 saturated carbocycles. The summed E-state index contributed by atoms with van der Waals surface area (Å²) in [7, 11) is -4.03. The van der Waals surface area contributed by atoms with Crippen molar-refractivity contribution in [3.8, 4) is 5.75 Å². The lowest BCUT2D eigenvalue weighted by Crippen LogP contribution is -2.58. The number of rotatable bonds is 8. The molecule has 9 heteroatoms. The lowest BCUT2D eigenvalue weighted by Gasteiger charge is -2.35. The largest absolute Gasteiger partial charge is 0.494 e. The number of halogens is 1. The second-order valence-corrected chi connectivity index (χ2v) is 10.1. The Kier molecular flexibility index (Phi) is 7.28. The van der Waals surface area contributed by atoms with Crippen LogP contribution in [0.5, 0.6) is 5.75 Å². The van der Waals surface area contributed by atoms with Crippen LogP contribution in [-0.2, 0) is 14.6 Å². The highest BCUT2D eigenvalue weighted by molar-refractivity contribution is 14.1. The van der Waals surface area contributed by atoms with Crippen LogP contribution in [0.25, 0.3) is 0 Å². The number of nitrogens with one attached hydrogen (secondary N) is 1. The standard InChI is InChI=1S/C17H24INO6S/c1-2-3-11-25-12-6-8-13(9-7-12)26(23,24)17(10-4-5-14(17)18)15(20)16(21)19-22/h6-9,14-15,20,22H,2-5,10-11H2,1H3,(H,19,21). The fourth-order valence-electron chi connectivity index (χ4n) is 3.27. The highest BCUT2D eigenvalue weighted by Gasteiger charge is 2.59. The fourth-order valence-corrected chi connectivity index (χ4v) is 7.57. The first-order chi connectivity index (χ1) is 12.3. The molecule has 1 aliphatic carbocycles. The van der Waals surface area contributed by atoms with E-state index < -0.39 is 30.5 Å². The zero-order valence-electron chi connectivity index (χ0n) is 14.5. The maximum Gasteiger partial charge on any atom is 0.273 e. The number of aliphatic hydroxyl groups is 1. The van der Waals surface area contributed by atoms with E-state index in [2.05, 4.69) is 0 Å². The van der Waals surface area contributed by atoms with Crippen LogP contribution in [0.15, 0.2) is 29.2 Å². The third-order valence-corrected chi connectivity index (χ3v) is 9.54. The van der Waals surface area contributed by atoms with Crippen LogP contribution >= 0.6 is 22.6 Å². The number of ether oxygens (including phenoxy) is 1. The summed E-state index contributed by atoms with van der Waals surface area (Å²) in [4.78, 5) is 11.9. The summed E-state index contributed by atoms with van der Waals surface area (Å²) in [5.41, 5.74) is 1.37. The Balaban J connectivity index is 2.37. The first-order valence-electron chi connectivity index (χ1n) is 8.54. The van der Waals surface area contributed by atoms with E-state index in [1.54, 1.807) is 12.1 Å². The molecule has 0 aliphatic heterocycles. The predicted octanol–water partition coefficient (Wildman–Crippen LogP) is 2.23. The third kappa shape index (κ3) is 3.85. The number of hydrogen-bond donors (Lipinski definition) is 3. The van der Waals surface area contributed by atoms with Gasteiger partial charge in [0.15, 0.2) is 15.9 Å². The molecule has 26 heavy (non-hydrogen) atoms. The van der Waals surface area contributed by atoms with Crippen LogP contribution in [-0.4, -0.2) is 46.0 Å². The van der Waals surface area contributed by atoms with Gasteiger partial charge in [-0.3, -0.25) is 10.0 Å². The second-order valence-electron chi connectivity index (χ2n) is 6.37. The second kappa shape index (κ2) is 8.85. The van der Waals surface area contributed by atoms with Gasteiger partial charge in [-0.05, 0) is 43.5 Å². The monoisotopic (exact) mass is 497 g/mol. The molecule has 0 saturated heterocycles. The predicted molar refractivity (Wildman–Crippen MR) is 104 cm³/mol. The van der Waals surface area contributed by atoms with Gasteiger partial charge < -0.3 is 9.84 Å². The highest BCUT2D eigenvalue weighted by atomic mass is 127. The zero-order chi connectivity index (χ0) is 19.4. The summed E-state index contributed by atoms with van der Waals surface area (Å²) < 4.78 is 30.1. The van der Waals surface area contributed by atoms with Gasteiger partial charge >= 0.3 is 0 Å². The van der Waals surface area contributed by atoms with Gasteiger partial charge in [-0.1, -0.05) is 42.4 Å². The lowest BCUT2D eigenvalue weighted by molar-refractivity contribution is -0.139. The van der Waals surface area contributed by atoms with Gasteiger partial charge in [0.2, 0.25) is 0 Å². The summed E-state index contributed by atoms with van der Waals surface area (Å²) in [6.07, 6.45) is 1.32. The molecule has 0 spiro atoms. The normalized spacial score (nSPS) is 24.2. The number of hydrogen-bond acceptors (Lipinski definition) is 6. The molecule has 0 heterocycles. The molecule has 0 aromatic heterocycles. The summed E-state index contributed by atoms with van der Waals surface area (Å²) in [5, 5.41) is 19.3. The van der Waals surface area contributed by atoms with Crippen molar-refractivity contribution in [3.05, 3.63) is 24.3 Å². The Morgan fingerprint density at radius 1 is 1.42 bits per heavy atom. The van der Waals surface area contributed by atoms with E-state index in [9.17, 15) is 18.3 Å². The Labute approximate surface area is 167 Å².